The molecule has 0 aliphatic carbocycles. The second kappa shape index (κ2) is 13.8. The lowest BCUT2D eigenvalue weighted by Gasteiger charge is -2.10. The summed E-state index contributed by atoms with van der Waals surface area (Å²) in [5.41, 5.74) is 4.76. The molecule has 3 rings (SSSR count). The van der Waals surface area contributed by atoms with Gasteiger partial charge < -0.3 is 19.5 Å². The topological polar surface area (TPSA) is 94.1 Å². The Kier molecular flexibility index (Phi) is 10.5. The zero-order valence-corrected chi connectivity index (χ0v) is 21.5. The van der Waals surface area contributed by atoms with Crippen molar-refractivity contribution in [1.29, 1.82) is 0 Å². The fourth-order valence-electron chi connectivity index (χ4n) is 3.51. The molecule has 0 saturated heterocycles. The Bertz CT molecular complexity index is 1220. The van der Waals surface area contributed by atoms with Gasteiger partial charge in [0.25, 0.3) is 10.1 Å². The second-order valence-corrected chi connectivity index (χ2v) is 9.57. The van der Waals surface area contributed by atoms with Gasteiger partial charge in [-0.05, 0) is 60.4 Å². The fourth-order valence-corrected chi connectivity index (χ4v) is 4.24. The number of aryl methyl sites for hydroxylation is 1. The molecule has 0 spiro atoms. The lowest BCUT2D eigenvalue weighted by molar-refractivity contribution is 0.0372. The lowest BCUT2D eigenvalue weighted by atomic mass is 10.1. The van der Waals surface area contributed by atoms with Crippen molar-refractivity contribution in [2.75, 3.05) is 45.4 Å². The van der Waals surface area contributed by atoms with Crippen molar-refractivity contribution in [2.24, 2.45) is 0 Å². The molecule has 0 bridgehead atoms. The van der Waals surface area contributed by atoms with Gasteiger partial charge in [0, 0.05) is 12.7 Å². The molecule has 0 atom stereocenters. The first kappa shape index (κ1) is 27.4. The quantitative estimate of drug-likeness (QED) is 0.176. The molecule has 3 aromatic rings. The number of benzene rings is 3. The molecular formula is C28H33NO6S. The van der Waals surface area contributed by atoms with Crippen LogP contribution in [-0.2, 0) is 26.0 Å². The minimum absolute atomic E-state index is 0.0753. The summed E-state index contributed by atoms with van der Waals surface area (Å²) >= 11 is 0. The molecule has 2 N–H and O–H groups in total. The van der Waals surface area contributed by atoms with Crippen LogP contribution in [-0.4, -0.2) is 53.1 Å². The first-order valence-corrected chi connectivity index (χ1v) is 13.2. The van der Waals surface area contributed by atoms with Gasteiger partial charge in [-0.3, -0.25) is 4.55 Å². The molecule has 0 saturated carbocycles. The van der Waals surface area contributed by atoms with Crippen LogP contribution in [0.5, 0.6) is 5.75 Å². The maximum atomic E-state index is 11.5. The third kappa shape index (κ3) is 9.13. The van der Waals surface area contributed by atoms with Crippen LogP contribution in [0.4, 0.5) is 5.69 Å². The van der Waals surface area contributed by atoms with Crippen molar-refractivity contribution >= 4 is 28.0 Å². The van der Waals surface area contributed by atoms with Crippen molar-refractivity contribution in [3.8, 4) is 5.75 Å². The zero-order chi connectivity index (χ0) is 25.8. The van der Waals surface area contributed by atoms with Crippen molar-refractivity contribution in [3.63, 3.8) is 0 Å². The van der Waals surface area contributed by atoms with Crippen LogP contribution in [0.3, 0.4) is 0 Å². The summed E-state index contributed by atoms with van der Waals surface area (Å²) in [5.74, 6) is 0.776. The average molecular weight is 512 g/mol. The molecule has 192 valence electrons. The molecule has 7 nitrogen and oxygen atoms in total. The smallest absolute Gasteiger partial charge is 0.294 e. The molecule has 36 heavy (non-hydrogen) atoms. The SMILES string of the molecule is CNc1ccc(/C=C/c2ccc(OCCOCCOCCc3cc(C)ccc3S(=O)(=O)O)cc2)cc1. The van der Waals surface area contributed by atoms with Crippen molar-refractivity contribution in [1.82, 2.24) is 0 Å². The van der Waals surface area contributed by atoms with E-state index >= 15 is 0 Å². The summed E-state index contributed by atoms with van der Waals surface area (Å²) in [6, 6.07) is 20.9. The van der Waals surface area contributed by atoms with E-state index in [0.29, 0.717) is 45.0 Å². The second-order valence-electron chi connectivity index (χ2n) is 8.18. The van der Waals surface area contributed by atoms with E-state index in [1.807, 2.05) is 50.4 Å². The normalized spacial score (nSPS) is 11.6. The number of hydrogen-bond acceptors (Lipinski definition) is 6. The van der Waals surface area contributed by atoms with Crippen LogP contribution in [0.1, 0.15) is 22.3 Å². The Balaban J connectivity index is 1.29. The van der Waals surface area contributed by atoms with Crippen molar-refractivity contribution < 1.29 is 27.2 Å². The van der Waals surface area contributed by atoms with Crippen LogP contribution < -0.4 is 10.1 Å². The first-order chi connectivity index (χ1) is 17.3. The van der Waals surface area contributed by atoms with Gasteiger partial charge in [0.1, 0.15) is 12.4 Å². The van der Waals surface area contributed by atoms with Gasteiger partial charge in [-0.15, -0.1) is 0 Å². The van der Waals surface area contributed by atoms with Crippen LogP contribution in [0.2, 0.25) is 0 Å². The van der Waals surface area contributed by atoms with Gasteiger partial charge in [-0.25, -0.2) is 0 Å². The van der Waals surface area contributed by atoms with Crippen LogP contribution in [0, 0.1) is 6.92 Å². The Labute approximate surface area is 213 Å². The van der Waals surface area contributed by atoms with E-state index in [1.165, 1.54) is 6.07 Å². The van der Waals surface area contributed by atoms with E-state index in [4.69, 9.17) is 14.2 Å². The minimum atomic E-state index is -4.25. The molecule has 0 unspecified atom stereocenters. The van der Waals surface area contributed by atoms with Gasteiger partial charge in [0.05, 0.1) is 31.3 Å². The highest BCUT2D eigenvalue weighted by molar-refractivity contribution is 7.85. The molecule has 0 radical (unpaired) electrons. The van der Waals surface area contributed by atoms with Crippen molar-refractivity contribution in [2.45, 2.75) is 18.2 Å². The van der Waals surface area contributed by atoms with E-state index in [0.717, 1.165) is 28.1 Å². The first-order valence-electron chi connectivity index (χ1n) is 11.8. The predicted octanol–water partition coefficient (Wildman–Crippen LogP) is 5.11. The van der Waals surface area contributed by atoms with E-state index in [2.05, 4.69) is 29.6 Å². The molecule has 0 fully saturated rings. The average Bonchev–Trinajstić information content (AvgIpc) is 2.87. The number of hydrogen-bond donors (Lipinski definition) is 2. The summed E-state index contributed by atoms with van der Waals surface area (Å²) in [4.78, 5) is -0.0753. The molecule has 0 amide bonds. The van der Waals surface area contributed by atoms with E-state index in [9.17, 15) is 13.0 Å². The fraction of sp³-hybridized carbons (Fsp3) is 0.286. The van der Waals surface area contributed by atoms with Gasteiger partial charge in [-0.2, -0.15) is 8.42 Å². The summed E-state index contributed by atoms with van der Waals surface area (Å²) < 4.78 is 49.1. The standard InChI is InChI=1S/C28H33NO6S/c1-22-3-14-28(36(30,31)32)25(21-22)15-16-33-17-18-34-19-20-35-27-12-8-24(9-13-27)5-4-23-6-10-26(29-2)11-7-23/h3-14,21,29H,15-20H2,1-2H3,(H,30,31,32)/b5-4+. The molecule has 3 aromatic carbocycles. The van der Waals surface area contributed by atoms with Gasteiger partial charge in [-0.1, -0.05) is 54.1 Å². The summed E-state index contributed by atoms with van der Waals surface area (Å²) in [6.07, 6.45) is 4.51. The maximum absolute atomic E-state index is 11.5. The molecule has 0 aliphatic rings. The zero-order valence-electron chi connectivity index (χ0n) is 20.6. The van der Waals surface area contributed by atoms with Crippen molar-refractivity contribution in [3.05, 3.63) is 89.0 Å². The van der Waals surface area contributed by atoms with E-state index in [-0.39, 0.29) is 4.90 Å². The lowest BCUT2D eigenvalue weighted by Crippen LogP contribution is -2.12. The van der Waals surface area contributed by atoms with E-state index < -0.39 is 10.1 Å². The van der Waals surface area contributed by atoms with Gasteiger partial charge >= 0.3 is 0 Å². The molecular weight excluding hydrogens is 478 g/mol. The highest BCUT2D eigenvalue weighted by Gasteiger charge is 2.15. The van der Waals surface area contributed by atoms with E-state index in [1.54, 1.807) is 12.1 Å². The number of nitrogens with one attached hydrogen (secondary N) is 1. The largest absolute Gasteiger partial charge is 0.491 e. The third-order valence-corrected chi connectivity index (χ3v) is 6.38. The highest BCUT2D eigenvalue weighted by atomic mass is 32.2. The summed E-state index contributed by atoms with van der Waals surface area (Å²) in [5, 5.41) is 3.11. The van der Waals surface area contributed by atoms with Crippen LogP contribution in [0.25, 0.3) is 12.2 Å². The minimum Gasteiger partial charge on any atom is -0.491 e. The summed E-state index contributed by atoms with van der Waals surface area (Å²) in [6.45, 7) is 3.83. The van der Waals surface area contributed by atoms with Gasteiger partial charge in [0.2, 0.25) is 0 Å². The van der Waals surface area contributed by atoms with Crippen LogP contribution in [0.15, 0.2) is 71.6 Å². The Morgan fingerprint density at radius 2 is 1.39 bits per heavy atom. The monoisotopic (exact) mass is 511 g/mol. The molecule has 0 aromatic heterocycles. The van der Waals surface area contributed by atoms with Crippen LogP contribution >= 0.6 is 0 Å². The molecule has 0 heterocycles. The predicted molar refractivity (Wildman–Crippen MR) is 143 cm³/mol. The Hall–Kier alpha value is -3.17. The summed E-state index contributed by atoms with van der Waals surface area (Å²) in [7, 11) is -2.35. The molecule has 0 aliphatic heterocycles. The Morgan fingerprint density at radius 3 is 2.00 bits per heavy atom. The third-order valence-electron chi connectivity index (χ3n) is 5.43. The number of rotatable bonds is 14. The highest BCUT2D eigenvalue weighted by Crippen LogP contribution is 2.18. The Morgan fingerprint density at radius 1 is 0.806 bits per heavy atom. The maximum Gasteiger partial charge on any atom is 0.294 e. The number of ether oxygens (including phenoxy) is 3. The van der Waals surface area contributed by atoms with Gasteiger partial charge in [0.15, 0.2) is 0 Å². The molecule has 8 heteroatoms. The number of anilines is 1.